The fourth-order valence-electron chi connectivity index (χ4n) is 2.61. The topological polar surface area (TPSA) is 71.1 Å². The van der Waals surface area contributed by atoms with E-state index in [0.29, 0.717) is 15.6 Å². The van der Waals surface area contributed by atoms with Crippen molar-refractivity contribution in [2.24, 2.45) is 5.41 Å². The molecule has 0 amide bonds. The fourth-order valence-corrected chi connectivity index (χ4v) is 5.56. The van der Waals surface area contributed by atoms with Crippen molar-refractivity contribution in [1.29, 1.82) is 0 Å². The maximum atomic E-state index is 13.4. The molecule has 31 heavy (non-hydrogen) atoms. The molecule has 1 heterocycles. The Kier molecular flexibility index (Phi) is 7.86. The van der Waals surface area contributed by atoms with Crippen LogP contribution in [0.4, 0.5) is 0 Å². The number of esters is 1. The number of carbonyl (C=O) groups is 1. The maximum Gasteiger partial charge on any atom is 0.375 e. The van der Waals surface area contributed by atoms with Crippen LogP contribution in [0.15, 0.2) is 36.4 Å². The minimum Gasteiger partial charge on any atom is -0.480 e. The summed E-state index contributed by atoms with van der Waals surface area (Å²) in [4.78, 5) is 12.5. The molecule has 1 saturated heterocycles. The van der Waals surface area contributed by atoms with Crippen LogP contribution in [0.2, 0.25) is 20.1 Å². The largest absolute Gasteiger partial charge is 0.480 e. The lowest BCUT2D eigenvalue weighted by Gasteiger charge is -2.37. The summed E-state index contributed by atoms with van der Waals surface area (Å²) in [5.41, 5.74) is -0.0236. The molecule has 2 aromatic rings. The van der Waals surface area contributed by atoms with Crippen molar-refractivity contribution in [2.75, 3.05) is 19.8 Å². The van der Waals surface area contributed by atoms with E-state index in [4.69, 9.17) is 64.9 Å². The van der Waals surface area contributed by atoms with Gasteiger partial charge >= 0.3 is 13.6 Å². The van der Waals surface area contributed by atoms with Gasteiger partial charge in [-0.15, -0.1) is 0 Å². The van der Waals surface area contributed by atoms with Crippen LogP contribution in [0, 0.1) is 5.41 Å². The van der Waals surface area contributed by atoms with Crippen LogP contribution in [0.1, 0.15) is 25.3 Å². The van der Waals surface area contributed by atoms with E-state index in [1.807, 2.05) is 13.8 Å². The average Bonchev–Trinajstić information content (AvgIpc) is 2.70. The number of benzene rings is 2. The molecule has 1 aliphatic rings. The Morgan fingerprint density at radius 1 is 1.03 bits per heavy atom. The van der Waals surface area contributed by atoms with Gasteiger partial charge in [-0.05, 0) is 30.3 Å². The first kappa shape index (κ1) is 24.7. The summed E-state index contributed by atoms with van der Waals surface area (Å²) >= 11 is 24.0. The molecule has 0 bridgehead atoms. The van der Waals surface area contributed by atoms with Gasteiger partial charge in [0.25, 0.3) is 0 Å². The van der Waals surface area contributed by atoms with Gasteiger partial charge in [0, 0.05) is 16.0 Å². The van der Waals surface area contributed by atoms with Gasteiger partial charge in [-0.3, -0.25) is 4.57 Å². The number of rotatable bonds is 6. The molecular formula is C20H19Cl4O6P. The van der Waals surface area contributed by atoms with E-state index in [-0.39, 0.29) is 34.4 Å². The van der Waals surface area contributed by atoms with Gasteiger partial charge < -0.3 is 18.5 Å². The predicted molar refractivity (Wildman–Crippen MR) is 121 cm³/mol. The monoisotopic (exact) mass is 526 g/mol. The number of hydrogen-bond acceptors (Lipinski definition) is 6. The standard InChI is InChI=1S/C20H19Cl4O6P/c1-20(2)10-28-31(26,29-11-20)19(12-3-5-14(22)15(23)7-12)30-18(25)9-27-17-6-4-13(21)8-16(17)24/h3-8,19H,9-11H2,1-2H3. The van der Waals surface area contributed by atoms with Crippen molar-refractivity contribution < 1.29 is 27.9 Å². The number of hydrogen-bond donors (Lipinski definition) is 0. The van der Waals surface area contributed by atoms with E-state index in [1.54, 1.807) is 6.07 Å². The highest BCUT2D eigenvalue weighted by Gasteiger charge is 2.46. The molecule has 0 N–H and O–H groups in total. The molecule has 1 atom stereocenters. The van der Waals surface area contributed by atoms with Crippen LogP contribution in [0.3, 0.4) is 0 Å². The summed E-state index contributed by atoms with van der Waals surface area (Å²) in [5, 5.41) is 1.15. The summed E-state index contributed by atoms with van der Waals surface area (Å²) in [7, 11) is -3.87. The van der Waals surface area contributed by atoms with Gasteiger partial charge in [0.2, 0.25) is 5.85 Å². The summed E-state index contributed by atoms with van der Waals surface area (Å²) < 4.78 is 35.5. The third kappa shape index (κ3) is 6.29. The highest BCUT2D eigenvalue weighted by Crippen LogP contribution is 2.64. The SMILES string of the molecule is CC1(C)COP(=O)(C(OC(=O)COc2ccc(Cl)cc2Cl)c2ccc(Cl)c(Cl)c2)OC1. The van der Waals surface area contributed by atoms with E-state index in [1.165, 1.54) is 30.3 Å². The summed E-state index contributed by atoms with van der Waals surface area (Å²) in [5.74, 6) is -1.92. The van der Waals surface area contributed by atoms with Crippen molar-refractivity contribution in [1.82, 2.24) is 0 Å². The predicted octanol–water partition coefficient (Wildman–Crippen LogP) is 7.19. The Hall–Kier alpha value is -0.980. The third-order valence-electron chi connectivity index (χ3n) is 4.27. The maximum absolute atomic E-state index is 13.4. The molecule has 0 aliphatic carbocycles. The second kappa shape index (κ2) is 9.88. The fraction of sp³-hybridized carbons (Fsp3) is 0.350. The molecule has 0 saturated carbocycles. The minimum absolute atomic E-state index is 0.163. The van der Waals surface area contributed by atoms with Crippen LogP contribution < -0.4 is 4.74 Å². The molecule has 3 rings (SSSR count). The van der Waals surface area contributed by atoms with Gasteiger partial charge in [-0.2, -0.15) is 0 Å². The zero-order chi connectivity index (χ0) is 22.8. The first-order valence-corrected chi connectivity index (χ1v) is 12.2. The normalized spacial score (nSPS) is 18.3. The van der Waals surface area contributed by atoms with E-state index in [0.717, 1.165) is 0 Å². The zero-order valence-corrected chi connectivity index (χ0v) is 20.5. The van der Waals surface area contributed by atoms with Crippen LogP contribution in [0.5, 0.6) is 5.75 Å². The van der Waals surface area contributed by atoms with Crippen molar-refractivity contribution in [3.63, 3.8) is 0 Å². The van der Waals surface area contributed by atoms with Gasteiger partial charge in [-0.25, -0.2) is 4.79 Å². The van der Waals surface area contributed by atoms with Crippen molar-refractivity contribution in [2.45, 2.75) is 19.7 Å². The van der Waals surface area contributed by atoms with Crippen molar-refractivity contribution >= 4 is 60.0 Å². The van der Waals surface area contributed by atoms with E-state index in [2.05, 4.69) is 0 Å². The zero-order valence-electron chi connectivity index (χ0n) is 16.6. The molecule has 11 heteroatoms. The molecule has 1 aliphatic heterocycles. The Labute approximate surface area is 200 Å². The van der Waals surface area contributed by atoms with E-state index < -0.39 is 26.0 Å². The number of halogens is 4. The molecule has 6 nitrogen and oxygen atoms in total. The molecular weight excluding hydrogens is 509 g/mol. The van der Waals surface area contributed by atoms with Crippen LogP contribution in [-0.4, -0.2) is 25.8 Å². The summed E-state index contributed by atoms with van der Waals surface area (Å²) in [6.45, 7) is 3.64. The van der Waals surface area contributed by atoms with Crippen LogP contribution in [0.25, 0.3) is 0 Å². The summed E-state index contributed by atoms with van der Waals surface area (Å²) in [6.07, 6.45) is 0. The minimum atomic E-state index is -3.87. The lowest BCUT2D eigenvalue weighted by Crippen LogP contribution is -2.31. The lowest BCUT2D eigenvalue weighted by atomic mass is 9.97. The highest BCUT2D eigenvalue weighted by atomic mass is 35.5. The summed E-state index contributed by atoms with van der Waals surface area (Å²) in [6, 6.07) is 9.05. The molecule has 1 fully saturated rings. The Balaban J connectivity index is 1.80. The first-order chi connectivity index (χ1) is 14.5. The smallest absolute Gasteiger partial charge is 0.375 e. The van der Waals surface area contributed by atoms with Gasteiger partial charge in [-0.1, -0.05) is 66.3 Å². The van der Waals surface area contributed by atoms with E-state index >= 15 is 0 Å². The quantitative estimate of drug-likeness (QED) is 0.292. The molecule has 0 spiro atoms. The van der Waals surface area contributed by atoms with Crippen LogP contribution >= 0.6 is 54.0 Å². The van der Waals surface area contributed by atoms with Crippen molar-refractivity contribution in [3.05, 3.63) is 62.1 Å². The van der Waals surface area contributed by atoms with Gasteiger partial charge in [0.15, 0.2) is 6.61 Å². The number of ether oxygens (including phenoxy) is 2. The highest BCUT2D eigenvalue weighted by molar-refractivity contribution is 7.54. The van der Waals surface area contributed by atoms with E-state index in [9.17, 15) is 9.36 Å². The molecule has 168 valence electrons. The molecule has 1 unspecified atom stereocenters. The van der Waals surface area contributed by atoms with Crippen molar-refractivity contribution in [3.8, 4) is 5.75 Å². The molecule has 0 aromatic heterocycles. The number of carbonyl (C=O) groups excluding carboxylic acids is 1. The van der Waals surface area contributed by atoms with Gasteiger partial charge in [0.1, 0.15) is 5.75 Å². The molecule has 0 radical (unpaired) electrons. The Morgan fingerprint density at radius 3 is 2.32 bits per heavy atom. The molecule has 2 aromatic carbocycles. The third-order valence-corrected chi connectivity index (χ3v) is 7.49. The first-order valence-electron chi connectivity index (χ1n) is 9.10. The second-order valence-electron chi connectivity index (χ2n) is 7.63. The van der Waals surface area contributed by atoms with Gasteiger partial charge in [0.05, 0.1) is 28.3 Å². The average molecular weight is 528 g/mol. The lowest BCUT2D eigenvalue weighted by molar-refractivity contribution is -0.149. The Morgan fingerprint density at radius 2 is 1.71 bits per heavy atom. The van der Waals surface area contributed by atoms with Crippen LogP contribution in [-0.2, 0) is 23.1 Å². The second-order valence-corrected chi connectivity index (χ2v) is 11.4. The Bertz CT molecular complexity index is 1010.